The van der Waals surface area contributed by atoms with Crippen LogP contribution in [-0.2, 0) is 9.47 Å². The zero-order chi connectivity index (χ0) is 29.9. The van der Waals surface area contributed by atoms with Crippen LogP contribution >= 0.6 is 0 Å². The lowest BCUT2D eigenvalue weighted by Gasteiger charge is -2.39. The average molecular weight is 469 g/mol. The van der Waals surface area contributed by atoms with Crippen molar-refractivity contribution in [3.8, 4) is 0 Å². The lowest BCUT2D eigenvalue weighted by molar-refractivity contribution is -0.302. The van der Waals surface area contributed by atoms with Gasteiger partial charge in [-0.2, -0.15) is 0 Å². The molecule has 0 aliphatic carbocycles. The molecule has 32 heavy (non-hydrogen) atoms. The second-order valence-electron chi connectivity index (χ2n) is 8.28. The molecule has 0 aromatic rings. The molecule has 190 valence electrons. The normalized spacial score (nSPS) is 32.8. The Labute approximate surface area is 203 Å². The summed E-state index contributed by atoms with van der Waals surface area (Å²) in [5.74, 6) is 0. The minimum Gasteiger partial charge on any atom is -0.394 e. The van der Waals surface area contributed by atoms with Crippen LogP contribution in [0.25, 0.3) is 0 Å². The zero-order valence-corrected chi connectivity index (χ0v) is 18.8. The lowest BCUT2D eigenvalue weighted by atomic mass is 9.99. The first-order valence-electron chi connectivity index (χ1n) is 15.1. The molecule has 8 nitrogen and oxygen atoms in total. The molecular formula is C24H47NO7. The van der Waals surface area contributed by atoms with Crippen LogP contribution in [0.15, 0.2) is 12.2 Å². The molecule has 0 saturated carbocycles. The minimum atomic E-state index is -3.00. The van der Waals surface area contributed by atoms with E-state index in [0.29, 0.717) is 6.42 Å². The van der Waals surface area contributed by atoms with Crippen LogP contribution in [0.2, 0.25) is 0 Å². The Bertz CT molecular complexity index is 713. The first kappa shape index (κ1) is 19.7. The van der Waals surface area contributed by atoms with E-state index in [1.807, 2.05) is 6.08 Å². The number of unbranched alkanes of at least 4 members (excludes halogenated alkanes) is 8. The van der Waals surface area contributed by atoms with Gasteiger partial charge in [0.2, 0.25) is 0 Å². The van der Waals surface area contributed by atoms with E-state index in [0.717, 1.165) is 51.4 Å². The van der Waals surface area contributed by atoms with Crippen molar-refractivity contribution in [2.24, 2.45) is 5.73 Å². The predicted octanol–water partition coefficient (Wildman–Crippen LogP) is 1.75. The number of aliphatic hydroxyl groups is 5. The third kappa shape index (κ3) is 11.5. The highest BCUT2D eigenvalue weighted by molar-refractivity contribution is 4.94. The van der Waals surface area contributed by atoms with Gasteiger partial charge >= 0.3 is 0 Å². The Hall–Kier alpha value is -0.580. The quantitative estimate of drug-likeness (QED) is 0.132. The standard InChI is InChI=1S/C24H47NO7/c1-2-3-4-5-6-7-8-9-10-11-12-13-14-15-19(27)18(25)17-31-24-23(30)22(29)21(28)20(16-26)32-24/h14-15,18-24,26-30H,2-13,16-17,25H2,1H3/b15-14+/t18-,19+,20+,21-,22-,23+,24+/m0/s1/i1D3,2D2,3D2. The Morgan fingerprint density at radius 2 is 1.62 bits per heavy atom. The molecule has 0 amide bonds. The molecule has 1 fully saturated rings. The molecule has 7 N–H and O–H groups in total. The van der Waals surface area contributed by atoms with Gasteiger partial charge in [0.05, 0.1) is 25.4 Å². The van der Waals surface area contributed by atoms with Crippen LogP contribution in [0.3, 0.4) is 0 Å². The fourth-order valence-electron chi connectivity index (χ4n) is 3.49. The van der Waals surface area contributed by atoms with Gasteiger partial charge in [0.15, 0.2) is 6.29 Å². The number of rotatable bonds is 18. The smallest absolute Gasteiger partial charge is 0.186 e. The van der Waals surface area contributed by atoms with Crippen molar-refractivity contribution in [2.45, 2.75) is 127 Å². The van der Waals surface area contributed by atoms with Crippen molar-refractivity contribution < 1.29 is 44.6 Å². The Kier molecular flexibility index (Phi) is 11.0. The Morgan fingerprint density at radius 3 is 2.25 bits per heavy atom. The van der Waals surface area contributed by atoms with Crippen LogP contribution in [0.4, 0.5) is 0 Å². The van der Waals surface area contributed by atoms with Crippen molar-refractivity contribution in [3.05, 3.63) is 12.2 Å². The summed E-state index contributed by atoms with van der Waals surface area (Å²) >= 11 is 0. The molecule has 0 aromatic carbocycles. The highest BCUT2D eigenvalue weighted by atomic mass is 16.7. The molecule has 1 aliphatic rings. The van der Waals surface area contributed by atoms with Gasteiger partial charge < -0.3 is 40.7 Å². The van der Waals surface area contributed by atoms with E-state index in [1.165, 1.54) is 0 Å². The van der Waals surface area contributed by atoms with Gasteiger partial charge in [0.25, 0.3) is 0 Å². The average Bonchev–Trinajstić information content (AvgIpc) is 2.86. The van der Waals surface area contributed by atoms with Crippen LogP contribution in [0, 0.1) is 0 Å². The van der Waals surface area contributed by atoms with E-state index in [9.17, 15) is 25.5 Å². The van der Waals surface area contributed by atoms with Crippen molar-refractivity contribution >= 4 is 0 Å². The van der Waals surface area contributed by atoms with Crippen molar-refractivity contribution in [1.29, 1.82) is 0 Å². The van der Waals surface area contributed by atoms with Gasteiger partial charge in [-0.1, -0.05) is 83.1 Å². The molecule has 0 radical (unpaired) electrons. The molecule has 0 bridgehead atoms. The van der Waals surface area contributed by atoms with E-state index < -0.39 is 69.1 Å². The molecule has 0 spiro atoms. The molecule has 0 unspecified atom stereocenters. The molecule has 1 rings (SSSR count). The third-order valence-corrected chi connectivity index (χ3v) is 5.58. The summed E-state index contributed by atoms with van der Waals surface area (Å²) in [5, 5.41) is 48.9. The summed E-state index contributed by atoms with van der Waals surface area (Å²) in [5.41, 5.74) is 5.91. The summed E-state index contributed by atoms with van der Waals surface area (Å²) in [6.45, 7) is -3.76. The van der Waals surface area contributed by atoms with E-state index in [4.69, 9.17) is 24.8 Å². The number of hydrogen-bond donors (Lipinski definition) is 6. The Morgan fingerprint density at radius 1 is 1.00 bits per heavy atom. The molecule has 8 heteroatoms. The molecule has 1 aliphatic heterocycles. The number of allylic oxidation sites excluding steroid dienone is 1. The lowest BCUT2D eigenvalue weighted by Crippen LogP contribution is -2.59. The van der Waals surface area contributed by atoms with Crippen molar-refractivity contribution in [2.75, 3.05) is 13.2 Å². The topological polar surface area (TPSA) is 146 Å². The van der Waals surface area contributed by atoms with Gasteiger partial charge in [0.1, 0.15) is 24.4 Å². The van der Waals surface area contributed by atoms with Gasteiger partial charge in [0, 0.05) is 9.60 Å². The Balaban J connectivity index is 2.13. The highest BCUT2D eigenvalue weighted by Crippen LogP contribution is 2.22. The maximum atomic E-state index is 10.2. The number of nitrogens with two attached hydrogens (primary N) is 1. The van der Waals surface area contributed by atoms with Gasteiger partial charge in [-0.3, -0.25) is 0 Å². The molecular weight excluding hydrogens is 414 g/mol. The maximum absolute atomic E-state index is 10.2. The summed E-state index contributed by atoms with van der Waals surface area (Å²) < 4.78 is 63.1. The molecule has 1 heterocycles. The van der Waals surface area contributed by atoms with E-state index in [2.05, 4.69) is 0 Å². The number of hydrogen-bond acceptors (Lipinski definition) is 8. The number of aliphatic hydroxyl groups excluding tert-OH is 5. The van der Waals surface area contributed by atoms with Crippen LogP contribution < -0.4 is 5.73 Å². The zero-order valence-electron chi connectivity index (χ0n) is 25.8. The summed E-state index contributed by atoms with van der Waals surface area (Å²) in [6.07, 6.45) is -2.29. The van der Waals surface area contributed by atoms with Crippen molar-refractivity contribution in [3.63, 3.8) is 0 Å². The van der Waals surface area contributed by atoms with Gasteiger partial charge in [-0.15, -0.1) is 0 Å². The molecule has 0 aromatic heterocycles. The van der Waals surface area contributed by atoms with Crippen LogP contribution in [-0.4, -0.2) is 81.6 Å². The van der Waals surface area contributed by atoms with Crippen molar-refractivity contribution in [1.82, 2.24) is 0 Å². The predicted molar refractivity (Wildman–Crippen MR) is 124 cm³/mol. The largest absolute Gasteiger partial charge is 0.394 e. The SMILES string of the molecule is [2H]C([2H])([2H])C([2H])([2H])C([2H])([2H])CCCCCCCCCC/C=C/[C@@H](O)[C@@H](N)CO[C@@H]1O[C@H](CO)[C@H](O)[C@H](O)[C@H]1O. The molecule has 7 atom stereocenters. The fourth-order valence-corrected chi connectivity index (χ4v) is 3.49. The first-order chi connectivity index (χ1) is 18.1. The van der Waals surface area contributed by atoms with E-state index in [-0.39, 0.29) is 13.0 Å². The summed E-state index contributed by atoms with van der Waals surface area (Å²) in [7, 11) is 0. The second-order valence-corrected chi connectivity index (χ2v) is 8.28. The molecule has 1 saturated heterocycles. The summed E-state index contributed by atoms with van der Waals surface area (Å²) in [6, 6.07) is -0.823. The fraction of sp³-hybridized carbons (Fsp3) is 0.917. The number of ether oxygens (including phenoxy) is 2. The first-order valence-corrected chi connectivity index (χ1v) is 11.6. The minimum absolute atomic E-state index is 0.125. The third-order valence-electron chi connectivity index (χ3n) is 5.58. The van der Waals surface area contributed by atoms with E-state index in [1.54, 1.807) is 6.08 Å². The van der Waals surface area contributed by atoms with Gasteiger partial charge in [-0.05, 0) is 12.8 Å². The van der Waals surface area contributed by atoms with Crippen LogP contribution in [0.1, 0.15) is 93.4 Å². The maximum Gasteiger partial charge on any atom is 0.186 e. The van der Waals surface area contributed by atoms with E-state index >= 15 is 0 Å². The second kappa shape index (κ2) is 17.8. The monoisotopic (exact) mass is 468 g/mol. The highest BCUT2D eigenvalue weighted by Gasteiger charge is 2.44. The summed E-state index contributed by atoms with van der Waals surface area (Å²) in [4.78, 5) is 0. The van der Waals surface area contributed by atoms with Crippen LogP contribution in [0.5, 0.6) is 0 Å². The van der Waals surface area contributed by atoms with Gasteiger partial charge in [-0.25, -0.2) is 0 Å².